The number of morpholine rings is 1. The molecule has 31 heavy (non-hydrogen) atoms. The predicted octanol–water partition coefficient (Wildman–Crippen LogP) is 3.44. The van der Waals surface area contributed by atoms with Gasteiger partial charge >= 0.3 is 0 Å². The number of carbonyl (C=O) groups is 1. The average Bonchev–Trinajstić information content (AvgIpc) is 3.21. The number of hydrogen-bond donors (Lipinski definition) is 2. The molecule has 3 rings (SSSR count). The highest BCUT2D eigenvalue weighted by molar-refractivity contribution is 14.0. The van der Waals surface area contributed by atoms with Crippen LogP contribution in [0.1, 0.15) is 46.6 Å². The van der Waals surface area contributed by atoms with Crippen molar-refractivity contribution in [1.82, 2.24) is 20.5 Å². The van der Waals surface area contributed by atoms with Crippen LogP contribution in [0.25, 0.3) is 0 Å². The first-order chi connectivity index (χ1) is 14.5. The van der Waals surface area contributed by atoms with E-state index in [2.05, 4.69) is 27.5 Å². The standard InChI is InChI=1S/C22H31N5O2S.HI/c1-5-19-11-24-20(30-19)12-26-22(23-4)25-10-17-6-8-18(9-7-17)21(28)27-13-15(2)29-16(3)14-27;/h6-9,11,15-16H,5,10,12-14H2,1-4H3,(H2,23,25,26);1H. The second-order valence-electron chi connectivity index (χ2n) is 7.52. The van der Waals surface area contributed by atoms with Gasteiger partial charge in [0.2, 0.25) is 0 Å². The van der Waals surface area contributed by atoms with Gasteiger partial charge in [-0.25, -0.2) is 4.98 Å². The highest BCUT2D eigenvalue weighted by Gasteiger charge is 2.26. The summed E-state index contributed by atoms with van der Waals surface area (Å²) in [7, 11) is 1.75. The van der Waals surface area contributed by atoms with E-state index < -0.39 is 0 Å². The Morgan fingerprint density at radius 3 is 2.42 bits per heavy atom. The Hall–Kier alpha value is -1.72. The van der Waals surface area contributed by atoms with Crippen LogP contribution in [0.2, 0.25) is 0 Å². The summed E-state index contributed by atoms with van der Waals surface area (Å²) < 4.78 is 5.72. The molecule has 1 fully saturated rings. The van der Waals surface area contributed by atoms with Crippen LogP contribution in [-0.4, -0.2) is 54.1 Å². The lowest BCUT2D eigenvalue weighted by Crippen LogP contribution is -2.48. The van der Waals surface area contributed by atoms with Crippen molar-refractivity contribution >= 4 is 47.2 Å². The number of halogens is 1. The Bertz CT molecular complexity index is 861. The summed E-state index contributed by atoms with van der Waals surface area (Å²) in [5.41, 5.74) is 1.79. The lowest BCUT2D eigenvalue weighted by molar-refractivity contribution is -0.0586. The van der Waals surface area contributed by atoms with E-state index in [9.17, 15) is 4.79 Å². The molecule has 2 heterocycles. The van der Waals surface area contributed by atoms with Crippen LogP contribution in [0, 0.1) is 0 Å². The maximum absolute atomic E-state index is 12.8. The molecule has 1 aromatic heterocycles. The molecule has 9 heteroatoms. The SMILES string of the molecule is CCc1cnc(CNC(=NC)NCc2ccc(C(=O)N3CC(C)OC(C)C3)cc2)s1.I. The van der Waals surface area contributed by atoms with Gasteiger partial charge in [0.25, 0.3) is 5.91 Å². The molecule has 0 radical (unpaired) electrons. The van der Waals surface area contributed by atoms with E-state index >= 15 is 0 Å². The summed E-state index contributed by atoms with van der Waals surface area (Å²) in [6.45, 7) is 8.67. The zero-order valence-corrected chi connectivity index (χ0v) is 21.7. The van der Waals surface area contributed by atoms with Gasteiger partial charge in [0.15, 0.2) is 5.96 Å². The first kappa shape index (κ1) is 25.5. The summed E-state index contributed by atoms with van der Waals surface area (Å²) in [5.74, 6) is 0.781. The lowest BCUT2D eigenvalue weighted by atomic mass is 10.1. The Labute approximate surface area is 205 Å². The van der Waals surface area contributed by atoms with Crippen molar-refractivity contribution in [3.05, 3.63) is 51.5 Å². The molecule has 1 amide bonds. The van der Waals surface area contributed by atoms with Crippen molar-refractivity contribution in [3.8, 4) is 0 Å². The van der Waals surface area contributed by atoms with Crippen molar-refractivity contribution < 1.29 is 9.53 Å². The van der Waals surface area contributed by atoms with Gasteiger partial charge in [-0.15, -0.1) is 35.3 Å². The fourth-order valence-corrected chi connectivity index (χ4v) is 4.25. The van der Waals surface area contributed by atoms with Gasteiger partial charge in [-0.3, -0.25) is 9.79 Å². The smallest absolute Gasteiger partial charge is 0.254 e. The topological polar surface area (TPSA) is 78.8 Å². The Kier molecular flexibility index (Phi) is 10.2. The second-order valence-corrected chi connectivity index (χ2v) is 8.72. The number of carbonyl (C=O) groups excluding carboxylic acids is 1. The van der Waals surface area contributed by atoms with E-state index in [0.29, 0.717) is 31.7 Å². The maximum Gasteiger partial charge on any atom is 0.254 e. The van der Waals surface area contributed by atoms with E-state index in [4.69, 9.17) is 4.74 Å². The summed E-state index contributed by atoms with van der Waals surface area (Å²) in [6.07, 6.45) is 3.07. The molecular formula is C22H32IN5O2S. The predicted molar refractivity (Wildman–Crippen MR) is 136 cm³/mol. The van der Waals surface area contributed by atoms with Crippen molar-refractivity contribution in [2.75, 3.05) is 20.1 Å². The molecular weight excluding hydrogens is 525 g/mol. The Morgan fingerprint density at radius 2 is 1.84 bits per heavy atom. The van der Waals surface area contributed by atoms with Crippen LogP contribution in [0.5, 0.6) is 0 Å². The second kappa shape index (κ2) is 12.4. The first-order valence-electron chi connectivity index (χ1n) is 10.4. The van der Waals surface area contributed by atoms with Crippen molar-refractivity contribution in [2.24, 2.45) is 4.99 Å². The number of hydrogen-bond acceptors (Lipinski definition) is 5. The molecule has 2 unspecified atom stereocenters. The van der Waals surface area contributed by atoms with Gasteiger partial charge in [-0.1, -0.05) is 19.1 Å². The van der Waals surface area contributed by atoms with E-state index in [1.807, 2.05) is 49.2 Å². The number of aliphatic imine (C=N–C) groups is 1. The van der Waals surface area contributed by atoms with E-state index in [1.54, 1.807) is 18.4 Å². The zero-order chi connectivity index (χ0) is 21.5. The number of aryl methyl sites for hydroxylation is 1. The van der Waals surface area contributed by atoms with Crippen molar-refractivity contribution in [2.45, 2.75) is 52.5 Å². The van der Waals surface area contributed by atoms with Crippen molar-refractivity contribution in [3.63, 3.8) is 0 Å². The van der Waals surface area contributed by atoms with Gasteiger partial charge in [0, 0.05) is 43.3 Å². The van der Waals surface area contributed by atoms with Crippen LogP contribution in [0.4, 0.5) is 0 Å². The van der Waals surface area contributed by atoms with Crippen LogP contribution in [-0.2, 0) is 24.2 Å². The van der Waals surface area contributed by atoms with Gasteiger partial charge in [0.1, 0.15) is 5.01 Å². The number of aromatic nitrogens is 1. The largest absolute Gasteiger partial charge is 0.372 e. The van der Waals surface area contributed by atoms with Gasteiger partial charge in [-0.2, -0.15) is 0 Å². The molecule has 2 aromatic rings. The summed E-state index contributed by atoms with van der Waals surface area (Å²) in [4.78, 5) is 24.6. The molecule has 0 spiro atoms. The summed E-state index contributed by atoms with van der Waals surface area (Å²) in [5, 5.41) is 7.64. The molecule has 170 valence electrons. The number of thiazole rings is 1. The Morgan fingerprint density at radius 1 is 1.19 bits per heavy atom. The molecule has 2 atom stereocenters. The summed E-state index contributed by atoms with van der Waals surface area (Å²) >= 11 is 1.72. The minimum Gasteiger partial charge on any atom is -0.372 e. The first-order valence-corrected chi connectivity index (χ1v) is 11.2. The number of amides is 1. The molecule has 1 aliphatic rings. The molecule has 0 saturated carbocycles. The van der Waals surface area contributed by atoms with E-state index in [1.165, 1.54) is 4.88 Å². The van der Waals surface area contributed by atoms with E-state index in [-0.39, 0.29) is 42.1 Å². The van der Waals surface area contributed by atoms with Crippen molar-refractivity contribution in [1.29, 1.82) is 0 Å². The molecule has 0 bridgehead atoms. The van der Waals surface area contributed by atoms with Gasteiger partial charge < -0.3 is 20.3 Å². The molecule has 1 saturated heterocycles. The number of ether oxygens (including phenoxy) is 1. The average molecular weight is 558 g/mol. The highest BCUT2D eigenvalue weighted by Crippen LogP contribution is 2.15. The normalized spacial score (nSPS) is 19.0. The van der Waals surface area contributed by atoms with Gasteiger partial charge in [0.05, 0.1) is 18.8 Å². The fraction of sp³-hybridized carbons (Fsp3) is 0.500. The van der Waals surface area contributed by atoms with E-state index in [0.717, 1.165) is 23.0 Å². The lowest BCUT2D eigenvalue weighted by Gasteiger charge is -2.35. The van der Waals surface area contributed by atoms with Crippen LogP contribution >= 0.6 is 35.3 Å². The number of nitrogens with one attached hydrogen (secondary N) is 2. The molecule has 1 aromatic carbocycles. The maximum atomic E-state index is 12.8. The molecule has 2 N–H and O–H groups in total. The summed E-state index contributed by atoms with van der Waals surface area (Å²) in [6, 6.07) is 7.74. The minimum atomic E-state index is 0. The number of nitrogens with zero attached hydrogens (tertiary/aromatic N) is 3. The quantitative estimate of drug-likeness (QED) is 0.323. The van der Waals surface area contributed by atoms with Gasteiger partial charge in [-0.05, 0) is 38.0 Å². The molecule has 7 nitrogen and oxygen atoms in total. The molecule has 1 aliphatic heterocycles. The Balaban J connectivity index is 0.00000341. The number of rotatable bonds is 6. The third-order valence-electron chi connectivity index (χ3n) is 4.95. The number of guanidine groups is 1. The number of benzene rings is 1. The van der Waals surface area contributed by atoms with Crippen LogP contribution in [0.3, 0.4) is 0 Å². The monoisotopic (exact) mass is 557 g/mol. The fourth-order valence-electron chi connectivity index (χ4n) is 3.45. The third kappa shape index (κ3) is 7.43. The van der Waals surface area contributed by atoms with Crippen LogP contribution < -0.4 is 10.6 Å². The molecule has 0 aliphatic carbocycles. The third-order valence-corrected chi connectivity index (χ3v) is 6.09. The zero-order valence-electron chi connectivity index (χ0n) is 18.6. The minimum absolute atomic E-state index is 0. The van der Waals surface area contributed by atoms with Crippen LogP contribution in [0.15, 0.2) is 35.5 Å². The highest BCUT2D eigenvalue weighted by atomic mass is 127.